The lowest BCUT2D eigenvalue weighted by Crippen LogP contribution is -2.21. The molecule has 2 N–H and O–H groups in total. The highest BCUT2D eigenvalue weighted by Crippen LogP contribution is 2.32. The van der Waals surface area contributed by atoms with Crippen molar-refractivity contribution in [3.8, 4) is 11.3 Å². The van der Waals surface area contributed by atoms with Crippen molar-refractivity contribution in [2.45, 2.75) is 13.8 Å². The Hall–Kier alpha value is -3.02. The number of imidazole rings is 1. The molecule has 2 aromatic carbocycles. The molecule has 0 aliphatic carbocycles. The quantitative estimate of drug-likeness (QED) is 0.390. The summed E-state index contributed by atoms with van der Waals surface area (Å²) in [5, 5.41) is 6.55. The Balaban J connectivity index is 1.75. The van der Waals surface area contributed by atoms with Gasteiger partial charge in [0.1, 0.15) is 17.2 Å². The summed E-state index contributed by atoms with van der Waals surface area (Å²) in [7, 11) is 0. The number of carbonyl (C=O) groups excluding carboxylic acids is 1. The van der Waals surface area contributed by atoms with Crippen LogP contribution in [0.1, 0.15) is 11.1 Å². The van der Waals surface area contributed by atoms with E-state index in [1.54, 1.807) is 18.2 Å². The van der Waals surface area contributed by atoms with Crippen molar-refractivity contribution in [2.75, 3.05) is 10.6 Å². The van der Waals surface area contributed by atoms with Crippen molar-refractivity contribution in [1.82, 2.24) is 9.38 Å². The molecule has 4 aromatic rings. The average Bonchev–Trinajstić information content (AvgIpc) is 3.01. The molecule has 29 heavy (non-hydrogen) atoms. The van der Waals surface area contributed by atoms with E-state index in [1.807, 2.05) is 60.8 Å². The van der Waals surface area contributed by atoms with Crippen LogP contribution < -0.4 is 10.6 Å². The molecular formula is C22H18Cl2N4O. The molecule has 0 saturated heterocycles. The lowest BCUT2D eigenvalue weighted by Gasteiger charge is -2.11. The molecule has 5 nitrogen and oxygen atoms in total. The second-order valence-corrected chi connectivity index (χ2v) is 7.60. The van der Waals surface area contributed by atoms with E-state index < -0.39 is 6.03 Å². The summed E-state index contributed by atoms with van der Waals surface area (Å²) in [5.41, 5.74) is 5.03. The number of nitrogens with zero attached hydrogens (tertiary/aromatic N) is 2. The van der Waals surface area contributed by atoms with Crippen LogP contribution in [0.5, 0.6) is 0 Å². The molecule has 0 aliphatic heterocycles. The molecule has 4 rings (SSSR count). The second-order valence-electron chi connectivity index (χ2n) is 6.76. The van der Waals surface area contributed by atoms with Crippen molar-refractivity contribution in [2.24, 2.45) is 0 Å². The third-order valence-corrected chi connectivity index (χ3v) is 5.14. The molecule has 0 fully saturated rings. The lowest BCUT2D eigenvalue weighted by atomic mass is 10.1. The molecule has 2 amide bonds. The fourth-order valence-corrected chi connectivity index (χ4v) is 3.60. The highest BCUT2D eigenvalue weighted by atomic mass is 35.5. The molecule has 0 radical (unpaired) electrons. The number of nitrogens with one attached hydrogen (secondary N) is 2. The normalized spacial score (nSPS) is 10.9. The van der Waals surface area contributed by atoms with E-state index in [-0.39, 0.29) is 0 Å². The van der Waals surface area contributed by atoms with Gasteiger partial charge in [0, 0.05) is 16.8 Å². The zero-order valence-corrected chi connectivity index (χ0v) is 17.3. The van der Waals surface area contributed by atoms with Gasteiger partial charge in [-0.15, -0.1) is 0 Å². The number of halogens is 2. The molecule has 2 aromatic heterocycles. The first-order chi connectivity index (χ1) is 13.9. The second kappa shape index (κ2) is 7.78. The Labute approximate surface area is 178 Å². The van der Waals surface area contributed by atoms with E-state index in [0.717, 1.165) is 22.3 Å². The van der Waals surface area contributed by atoms with Crippen LogP contribution in [0.25, 0.3) is 16.9 Å². The van der Waals surface area contributed by atoms with Crippen molar-refractivity contribution in [3.05, 3.63) is 82.0 Å². The zero-order chi connectivity index (χ0) is 20.5. The van der Waals surface area contributed by atoms with Crippen LogP contribution in [0.2, 0.25) is 10.0 Å². The molecule has 0 bridgehead atoms. The Morgan fingerprint density at radius 1 is 1.00 bits per heavy atom. The van der Waals surface area contributed by atoms with Crippen LogP contribution in [0.4, 0.5) is 16.3 Å². The van der Waals surface area contributed by atoms with Gasteiger partial charge in [0.05, 0.1) is 10.7 Å². The average molecular weight is 425 g/mol. The number of anilines is 2. The minimum atomic E-state index is -0.425. The molecule has 0 spiro atoms. The van der Waals surface area contributed by atoms with Gasteiger partial charge in [-0.2, -0.15) is 0 Å². The number of pyridine rings is 1. The van der Waals surface area contributed by atoms with Crippen LogP contribution in [0.15, 0.2) is 60.8 Å². The lowest BCUT2D eigenvalue weighted by molar-refractivity contribution is 0.262. The third-order valence-electron chi connectivity index (χ3n) is 4.59. The van der Waals surface area contributed by atoms with Gasteiger partial charge in [-0.3, -0.25) is 9.72 Å². The van der Waals surface area contributed by atoms with E-state index >= 15 is 0 Å². The summed E-state index contributed by atoms with van der Waals surface area (Å²) in [6.45, 7) is 4.02. The van der Waals surface area contributed by atoms with Gasteiger partial charge in [-0.05, 0) is 55.3 Å². The maximum atomic E-state index is 12.7. The zero-order valence-electron chi connectivity index (χ0n) is 15.8. The smallest absolute Gasteiger partial charge is 0.306 e. The predicted octanol–water partition coefficient (Wildman–Crippen LogP) is 6.57. The van der Waals surface area contributed by atoms with Crippen LogP contribution in [-0.2, 0) is 0 Å². The molecule has 0 aliphatic rings. The number of hydrogen-bond acceptors (Lipinski definition) is 2. The molecule has 2 heterocycles. The van der Waals surface area contributed by atoms with Crippen LogP contribution in [0.3, 0.4) is 0 Å². The largest absolute Gasteiger partial charge is 0.324 e. The maximum Gasteiger partial charge on any atom is 0.324 e. The third kappa shape index (κ3) is 3.92. The highest BCUT2D eigenvalue weighted by Gasteiger charge is 2.18. The van der Waals surface area contributed by atoms with E-state index in [1.165, 1.54) is 0 Å². The minimum Gasteiger partial charge on any atom is -0.306 e. The standard InChI is InChI=1S/C22H18Cl2N4O/c1-13-9-10-28-19(11-13)26-20(16-6-4-3-5-14(16)2)21(28)27-22(29)25-18-8-7-15(23)12-17(18)24/h3-12H,1-2H3,(H2,25,27,29). The highest BCUT2D eigenvalue weighted by molar-refractivity contribution is 6.36. The van der Waals surface area contributed by atoms with Gasteiger partial charge in [0.15, 0.2) is 0 Å². The van der Waals surface area contributed by atoms with Gasteiger partial charge >= 0.3 is 6.03 Å². The minimum absolute atomic E-state index is 0.362. The summed E-state index contributed by atoms with van der Waals surface area (Å²) in [4.78, 5) is 17.5. The van der Waals surface area contributed by atoms with Crippen molar-refractivity contribution < 1.29 is 4.79 Å². The Morgan fingerprint density at radius 2 is 1.79 bits per heavy atom. The van der Waals surface area contributed by atoms with Crippen LogP contribution in [-0.4, -0.2) is 15.4 Å². The topological polar surface area (TPSA) is 58.4 Å². The number of rotatable bonds is 3. The molecular weight excluding hydrogens is 407 g/mol. The number of hydrogen-bond donors (Lipinski definition) is 2. The summed E-state index contributed by atoms with van der Waals surface area (Å²) in [6.07, 6.45) is 1.89. The first-order valence-corrected chi connectivity index (χ1v) is 9.76. The molecule has 0 atom stereocenters. The number of carbonyl (C=O) groups is 1. The monoisotopic (exact) mass is 424 g/mol. The van der Waals surface area contributed by atoms with E-state index in [0.29, 0.717) is 27.2 Å². The van der Waals surface area contributed by atoms with Crippen molar-refractivity contribution in [1.29, 1.82) is 0 Å². The van der Waals surface area contributed by atoms with E-state index in [4.69, 9.17) is 28.2 Å². The maximum absolute atomic E-state index is 12.7. The van der Waals surface area contributed by atoms with Crippen molar-refractivity contribution in [3.63, 3.8) is 0 Å². The van der Waals surface area contributed by atoms with Crippen LogP contribution in [0, 0.1) is 13.8 Å². The number of aromatic nitrogens is 2. The van der Waals surface area contributed by atoms with Gasteiger partial charge in [0.2, 0.25) is 0 Å². The van der Waals surface area contributed by atoms with E-state index in [9.17, 15) is 4.79 Å². The Bertz CT molecular complexity index is 1230. The first kappa shape index (κ1) is 19.3. The molecule has 0 saturated carbocycles. The number of aryl methyl sites for hydroxylation is 2. The molecule has 146 valence electrons. The predicted molar refractivity (Wildman–Crippen MR) is 119 cm³/mol. The SMILES string of the molecule is Cc1ccn2c(NC(=O)Nc3ccc(Cl)cc3Cl)c(-c3ccccc3C)nc2c1. The van der Waals surface area contributed by atoms with Crippen molar-refractivity contribution >= 4 is 46.4 Å². The van der Waals surface area contributed by atoms with Gasteiger partial charge < -0.3 is 5.32 Å². The summed E-state index contributed by atoms with van der Waals surface area (Å²) in [6, 6.07) is 16.3. The Kier molecular flexibility index (Phi) is 5.18. The first-order valence-electron chi connectivity index (χ1n) is 9.00. The number of fused-ring (bicyclic) bond motifs is 1. The number of urea groups is 1. The summed E-state index contributed by atoms with van der Waals surface area (Å²) >= 11 is 12.1. The van der Waals surface area contributed by atoms with E-state index in [2.05, 4.69) is 10.6 Å². The molecule has 0 unspecified atom stereocenters. The van der Waals surface area contributed by atoms with Gasteiger partial charge in [0.25, 0.3) is 0 Å². The van der Waals surface area contributed by atoms with Crippen LogP contribution >= 0.6 is 23.2 Å². The van der Waals surface area contributed by atoms with Gasteiger partial charge in [-0.1, -0.05) is 47.5 Å². The Morgan fingerprint density at radius 3 is 2.55 bits per heavy atom. The summed E-state index contributed by atoms with van der Waals surface area (Å²) in [5.74, 6) is 0.580. The fraction of sp³-hybridized carbons (Fsp3) is 0.0909. The number of benzene rings is 2. The van der Waals surface area contributed by atoms with Gasteiger partial charge in [-0.25, -0.2) is 9.78 Å². The fourth-order valence-electron chi connectivity index (χ4n) is 3.14. The number of amides is 2. The summed E-state index contributed by atoms with van der Waals surface area (Å²) < 4.78 is 1.86. The molecule has 7 heteroatoms.